The fourth-order valence-corrected chi connectivity index (χ4v) is 0.845. The molecule has 0 unspecified atom stereocenters. The van der Waals surface area contributed by atoms with Crippen molar-refractivity contribution in [2.45, 2.75) is 19.9 Å². The van der Waals surface area contributed by atoms with Gasteiger partial charge in [0.25, 0.3) is 0 Å². The molecule has 0 bridgehead atoms. The second-order valence-corrected chi connectivity index (χ2v) is 2.92. The maximum Gasteiger partial charge on any atom is 0.345 e. The molecule has 3 nitrogen and oxygen atoms in total. The highest BCUT2D eigenvalue weighted by atomic mass is 15.4. The van der Waals surface area contributed by atoms with Gasteiger partial charge in [-0.15, -0.1) is 0 Å². The molecule has 1 heterocycles. The van der Waals surface area contributed by atoms with Crippen molar-refractivity contribution >= 4 is 0 Å². The van der Waals surface area contributed by atoms with Crippen LogP contribution in [-0.2, 0) is 14.1 Å². The molecule has 0 spiro atoms. The molecule has 0 saturated heterocycles. The molecular formula is C7H15N3+2. The van der Waals surface area contributed by atoms with E-state index in [9.17, 15) is 0 Å². The number of rotatable bonds is 1. The van der Waals surface area contributed by atoms with Crippen LogP contribution < -0.4 is 9.25 Å². The lowest BCUT2D eigenvalue weighted by Crippen LogP contribution is -2.40. The molecule has 1 aromatic rings. The van der Waals surface area contributed by atoms with E-state index < -0.39 is 0 Å². The Morgan fingerprint density at radius 2 is 2.00 bits per heavy atom. The summed E-state index contributed by atoms with van der Waals surface area (Å²) in [6, 6.07) is 0.549. The maximum absolute atomic E-state index is 2.17. The Labute approximate surface area is 61.5 Å². The summed E-state index contributed by atoms with van der Waals surface area (Å²) in [4.78, 5) is 0. The minimum absolute atomic E-state index is 0.549. The highest BCUT2D eigenvalue weighted by Crippen LogP contribution is 1.85. The summed E-state index contributed by atoms with van der Waals surface area (Å²) in [6.45, 7) is 4.33. The van der Waals surface area contributed by atoms with Crippen LogP contribution in [0.3, 0.4) is 0 Å². The van der Waals surface area contributed by atoms with E-state index >= 15 is 0 Å². The van der Waals surface area contributed by atoms with Gasteiger partial charge in [0, 0.05) is 0 Å². The van der Waals surface area contributed by atoms with Gasteiger partial charge in [0.2, 0.25) is 0 Å². The molecule has 3 heteroatoms. The topological polar surface area (TPSA) is 12.7 Å². The summed E-state index contributed by atoms with van der Waals surface area (Å²) in [5, 5.41) is 0. The highest BCUT2D eigenvalue weighted by Gasteiger charge is 2.13. The van der Waals surface area contributed by atoms with Crippen molar-refractivity contribution in [3.8, 4) is 0 Å². The summed E-state index contributed by atoms with van der Waals surface area (Å²) < 4.78 is 6.25. The molecule has 1 rings (SSSR count). The molecule has 0 amide bonds. The minimum atomic E-state index is 0.549. The second kappa shape index (κ2) is 2.40. The summed E-state index contributed by atoms with van der Waals surface area (Å²) >= 11 is 0. The molecule has 56 valence electrons. The van der Waals surface area contributed by atoms with E-state index in [-0.39, 0.29) is 0 Å². The van der Waals surface area contributed by atoms with Crippen LogP contribution in [0.25, 0.3) is 0 Å². The first-order valence-electron chi connectivity index (χ1n) is 3.54. The van der Waals surface area contributed by atoms with Gasteiger partial charge in [0.15, 0.2) is 0 Å². The lowest BCUT2D eigenvalue weighted by atomic mass is 10.4. The van der Waals surface area contributed by atoms with Crippen molar-refractivity contribution in [1.82, 2.24) is 4.68 Å². The number of aromatic nitrogens is 3. The molecule has 0 aliphatic heterocycles. The van der Waals surface area contributed by atoms with Crippen molar-refractivity contribution in [3.05, 3.63) is 12.7 Å². The normalized spacial score (nSPS) is 10.9. The Kier molecular flexibility index (Phi) is 1.74. The van der Waals surface area contributed by atoms with Gasteiger partial charge in [-0.2, -0.15) is 4.57 Å². The first kappa shape index (κ1) is 7.25. The van der Waals surface area contributed by atoms with Gasteiger partial charge in [0.05, 0.1) is 0 Å². The zero-order chi connectivity index (χ0) is 7.72. The zero-order valence-electron chi connectivity index (χ0n) is 7.07. The first-order valence-corrected chi connectivity index (χ1v) is 3.54. The lowest BCUT2D eigenvalue weighted by molar-refractivity contribution is -0.819. The number of hydrogen-bond acceptors (Lipinski definition) is 0. The van der Waals surface area contributed by atoms with Gasteiger partial charge >= 0.3 is 12.7 Å². The van der Waals surface area contributed by atoms with Crippen LogP contribution in [0.15, 0.2) is 12.7 Å². The van der Waals surface area contributed by atoms with Crippen molar-refractivity contribution < 1.29 is 9.25 Å². The third-order valence-electron chi connectivity index (χ3n) is 1.69. The Morgan fingerprint density at radius 3 is 2.20 bits per heavy atom. The van der Waals surface area contributed by atoms with E-state index in [1.165, 1.54) is 0 Å². The Balaban J connectivity index is 2.98. The van der Waals surface area contributed by atoms with Crippen molar-refractivity contribution in [2.24, 2.45) is 14.1 Å². The van der Waals surface area contributed by atoms with Crippen molar-refractivity contribution in [1.29, 1.82) is 0 Å². The van der Waals surface area contributed by atoms with E-state index in [0.717, 1.165) is 0 Å². The van der Waals surface area contributed by atoms with Crippen LogP contribution in [0.5, 0.6) is 0 Å². The molecule has 0 aromatic carbocycles. The zero-order valence-corrected chi connectivity index (χ0v) is 7.07. The fraction of sp³-hybridized carbons (Fsp3) is 0.714. The Morgan fingerprint density at radius 1 is 1.40 bits per heavy atom. The predicted molar refractivity (Wildman–Crippen MR) is 37.2 cm³/mol. The Bertz CT molecular complexity index is 205. The van der Waals surface area contributed by atoms with Gasteiger partial charge < -0.3 is 0 Å². The molecule has 0 saturated carbocycles. The van der Waals surface area contributed by atoms with E-state index in [1.54, 1.807) is 0 Å². The monoisotopic (exact) mass is 141 g/mol. The van der Waals surface area contributed by atoms with Crippen LogP contribution in [-0.4, -0.2) is 4.68 Å². The predicted octanol–water partition coefficient (Wildman–Crippen LogP) is -0.282. The smallest absolute Gasteiger partial charge is 0.158 e. The number of aryl methyl sites for hydroxylation is 2. The van der Waals surface area contributed by atoms with Crippen LogP contribution in [0.2, 0.25) is 0 Å². The molecule has 0 fully saturated rings. The van der Waals surface area contributed by atoms with E-state index in [2.05, 4.69) is 31.1 Å². The molecule has 0 atom stereocenters. The van der Waals surface area contributed by atoms with E-state index in [1.807, 2.05) is 23.5 Å². The summed E-state index contributed by atoms with van der Waals surface area (Å²) in [6.07, 6.45) is 4.15. The molecule has 0 aliphatic rings. The molecule has 0 N–H and O–H groups in total. The lowest BCUT2D eigenvalue weighted by Gasteiger charge is -1.90. The quantitative estimate of drug-likeness (QED) is 0.477. The largest absolute Gasteiger partial charge is 0.345 e. The highest BCUT2D eigenvalue weighted by molar-refractivity contribution is 4.31. The van der Waals surface area contributed by atoms with Crippen LogP contribution >= 0.6 is 0 Å². The minimum Gasteiger partial charge on any atom is -0.158 e. The van der Waals surface area contributed by atoms with Crippen LogP contribution in [0, 0.1) is 0 Å². The van der Waals surface area contributed by atoms with Gasteiger partial charge in [-0.1, -0.05) is 0 Å². The molecule has 1 aromatic heterocycles. The van der Waals surface area contributed by atoms with E-state index in [0.29, 0.717) is 6.04 Å². The van der Waals surface area contributed by atoms with Gasteiger partial charge in [-0.3, -0.25) is 0 Å². The molecule has 0 radical (unpaired) electrons. The fourth-order valence-electron chi connectivity index (χ4n) is 0.845. The van der Waals surface area contributed by atoms with Gasteiger partial charge in [-0.05, 0) is 23.2 Å². The summed E-state index contributed by atoms with van der Waals surface area (Å²) in [5.41, 5.74) is 0. The van der Waals surface area contributed by atoms with Crippen LogP contribution in [0.1, 0.15) is 19.9 Å². The molecular weight excluding hydrogens is 126 g/mol. The molecule has 0 aliphatic carbocycles. The number of hydrogen-bond donors (Lipinski definition) is 0. The summed E-state index contributed by atoms with van der Waals surface area (Å²) in [7, 11) is 4.05. The van der Waals surface area contributed by atoms with Crippen LogP contribution in [0.4, 0.5) is 0 Å². The first-order chi connectivity index (χ1) is 4.61. The third-order valence-corrected chi connectivity index (χ3v) is 1.69. The van der Waals surface area contributed by atoms with Crippen molar-refractivity contribution in [3.63, 3.8) is 0 Å². The maximum atomic E-state index is 2.17. The second-order valence-electron chi connectivity index (χ2n) is 2.92. The standard InChI is InChI=1S/C7H15N3/c1-7(2)10-5-8(3)9(4)6-10/h5-7H,1-4H3/q+2. The van der Waals surface area contributed by atoms with Gasteiger partial charge in [0.1, 0.15) is 20.1 Å². The van der Waals surface area contributed by atoms with E-state index in [4.69, 9.17) is 0 Å². The summed E-state index contributed by atoms with van der Waals surface area (Å²) in [5.74, 6) is 0. The number of nitrogens with zero attached hydrogens (tertiary/aromatic N) is 3. The van der Waals surface area contributed by atoms with Gasteiger partial charge in [-0.25, -0.2) is 0 Å². The van der Waals surface area contributed by atoms with Crippen molar-refractivity contribution in [2.75, 3.05) is 0 Å². The molecule has 10 heavy (non-hydrogen) atoms. The Hall–Kier alpha value is -0.860. The third kappa shape index (κ3) is 1.17. The average Bonchev–Trinajstić information content (AvgIpc) is 2.13. The SMILES string of the molecule is CC(C)[n+]1cn(C)[n+](C)c1. The average molecular weight is 141 g/mol.